The van der Waals surface area contributed by atoms with Crippen LogP contribution >= 0.6 is 0 Å². The van der Waals surface area contributed by atoms with E-state index in [0.29, 0.717) is 50.0 Å². The van der Waals surface area contributed by atoms with Crippen LogP contribution in [-0.4, -0.2) is 268 Å². The number of amides is 6. The molecule has 574 valence electrons. The maximum Gasteiger partial charge on any atom is 0.326 e. The Morgan fingerprint density at radius 2 is 0.933 bits per heavy atom. The standard InChI is InChI=1S/C72H106N12O20/c1-46(2)36-48-14-19-51(20-15-48)47(3)66(95)80-59(72(103)104)39-60(85)73-26-8-6-12-55(78-61(86)41-81-28-30-82(42-63(89)90)32-34-84(44-65(93)94)35-33-83(31-29-81)43-64(91)92)68(97)75-40-49-16-22-53(23-17-49)67(96)79-58(38-50-18-21-52-10-4-5-11-54(52)37-50)69(98)74-27-9-7-13-56(70(99)100)76-45-77-57(71(101)102)24-25-62(87)88/h4-5,10-11,14-15,18-21,37,46-47,49,53,55-59,76-77H,6-9,12-13,16-17,22-36,38-45H2,1-3H3,(H,73,85)(H,74,98)(H,75,97)(H,78,86)(H,79,96)(H,80,95)(H,87,88)(H,89,90)(H,91,92)(H,93,94)(H,99,100)(H,101,102)(H,103,104). The summed E-state index contributed by atoms with van der Waals surface area (Å²) < 4.78 is 0. The highest BCUT2D eigenvalue weighted by Gasteiger charge is 2.33. The molecule has 2 fully saturated rings. The number of benzene rings is 3. The van der Waals surface area contributed by atoms with Gasteiger partial charge >= 0.3 is 41.8 Å². The lowest BCUT2D eigenvalue weighted by Crippen LogP contribution is -2.52. The van der Waals surface area contributed by atoms with E-state index in [1.807, 2.05) is 66.7 Å². The summed E-state index contributed by atoms with van der Waals surface area (Å²) in [6, 6.07) is 15.0. The number of nitrogens with zero attached hydrogens (tertiary/aromatic N) is 4. The van der Waals surface area contributed by atoms with Crippen molar-refractivity contribution < 1.29 is 98.1 Å². The molecule has 6 atom stereocenters. The minimum atomic E-state index is -1.53. The Hall–Kier alpha value is -9.21. The highest BCUT2D eigenvalue weighted by molar-refractivity contribution is 5.92. The molecule has 15 N–H and O–H groups in total. The summed E-state index contributed by atoms with van der Waals surface area (Å²) in [6.45, 7) is 5.73. The van der Waals surface area contributed by atoms with Gasteiger partial charge in [-0.15, -0.1) is 0 Å². The number of unbranched alkanes of at least 4 members (excludes halogenated alkanes) is 2. The monoisotopic (exact) mass is 1460 g/mol. The smallest absolute Gasteiger partial charge is 0.326 e. The van der Waals surface area contributed by atoms with Crippen molar-refractivity contribution in [3.8, 4) is 0 Å². The SMILES string of the molecule is CC(C)Cc1ccc(C(C)C(=O)NC(CC(=O)NCCCCC(NC(=O)CN2CCN(CC(=O)O)CCN(CC(=O)O)CCN(CC(=O)O)CC2)C(=O)NCC2CCC(C(=O)NC(Cc3ccc4ccccc4c3)C(=O)NCCCCC(NCNC(CCC(=O)O)C(=O)O)C(=O)O)CC2)C(=O)O)cc1. The van der Waals surface area contributed by atoms with E-state index < -0.39 is 126 Å². The van der Waals surface area contributed by atoms with Gasteiger partial charge in [0.25, 0.3) is 0 Å². The number of carboxylic acids is 7. The normalized spacial score (nSPS) is 17.6. The van der Waals surface area contributed by atoms with Crippen LogP contribution in [0, 0.1) is 17.8 Å². The largest absolute Gasteiger partial charge is 0.481 e. The Morgan fingerprint density at radius 1 is 0.442 bits per heavy atom. The molecule has 1 saturated carbocycles. The summed E-state index contributed by atoms with van der Waals surface area (Å²) in [4.78, 5) is 172. The van der Waals surface area contributed by atoms with Crippen molar-refractivity contribution >= 4 is 88.0 Å². The summed E-state index contributed by atoms with van der Waals surface area (Å²) in [5.41, 5.74) is 2.56. The van der Waals surface area contributed by atoms with Gasteiger partial charge in [0.1, 0.15) is 30.2 Å². The van der Waals surface area contributed by atoms with E-state index in [2.05, 4.69) is 56.4 Å². The predicted octanol–water partition coefficient (Wildman–Crippen LogP) is 1.19. The zero-order valence-electron chi connectivity index (χ0n) is 59.7. The van der Waals surface area contributed by atoms with Gasteiger partial charge in [0.15, 0.2) is 0 Å². The average Bonchev–Trinajstić information content (AvgIpc) is 0.839. The van der Waals surface area contributed by atoms with Gasteiger partial charge in [-0.3, -0.25) is 87.8 Å². The second-order valence-electron chi connectivity index (χ2n) is 27.4. The Balaban J connectivity index is 1.22. The summed E-state index contributed by atoms with van der Waals surface area (Å²) in [5, 5.41) is 91.5. The summed E-state index contributed by atoms with van der Waals surface area (Å²) >= 11 is 0. The maximum absolute atomic E-state index is 14.3. The lowest BCUT2D eigenvalue weighted by Gasteiger charge is -2.33. The van der Waals surface area contributed by atoms with Crippen LogP contribution in [0.2, 0.25) is 0 Å². The Bertz CT molecular complexity index is 3320. The van der Waals surface area contributed by atoms with Gasteiger partial charge in [0.2, 0.25) is 35.4 Å². The van der Waals surface area contributed by atoms with Gasteiger partial charge in [-0.2, -0.15) is 0 Å². The molecule has 104 heavy (non-hydrogen) atoms. The van der Waals surface area contributed by atoms with E-state index >= 15 is 0 Å². The Morgan fingerprint density at radius 3 is 1.45 bits per heavy atom. The summed E-state index contributed by atoms with van der Waals surface area (Å²) in [7, 11) is 0. The molecule has 3 aromatic rings. The molecule has 0 spiro atoms. The quantitative estimate of drug-likeness (QED) is 0.0279. The maximum atomic E-state index is 14.3. The van der Waals surface area contributed by atoms with Crippen molar-refractivity contribution in [3.05, 3.63) is 83.4 Å². The minimum Gasteiger partial charge on any atom is -0.481 e. The summed E-state index contributed by atoms with van der Waals surface area (Å²) in [6.07, 6.45) is 3.07. The zero-order chi connectivity index (χ0) is 76.3. The van der Waals surface area contributed by atoms with E-state index in [9.17, 15) is 93.0 Å². The number of carbonyl (C=O) groups is 13. The molecule has 32 heteroatoms. The van der Waals surface area contributed by atoms with Crippen LogP contribution in [0.25, 0.3) is 10.8 Å². The average molecular weight is 1460 g/mol. The molecule has 0 aromatic heterocycles. The molecule has 5 rings (SSSR count). The number of rotatable bonds is 44. The van der Waals surface area contributed by atoms with Crippen LogP contribution in [-0.2, 0) is 75.2 Å². The fourth-order valence-electron chi connectivity index (χ4n) is 12.6. The topological polar surface area (TPSA) is 473 Å². The second-order valence-corrected chi connectivity index (χ2v) is 27.4. The Labute approximate surface area is 605 Å². The van der Waals surface area contributed by atoms with E-state index in [1.54, 1.807) is 26.5 Å². The van der Waals surface area contributed by atoms with Crippen molar-refractivity contribution in [2.45, 2.75) is 153 Å². The highest BCUT2D eigenvalue weighted by Crippen LogP contribution is 2.29. The van der Waals surface area contributed by atoms with Crippen molar-refractivity contribution in [1.29, 1.82) is 0 Å². The van der Waals surface area contributed by atoms with Gasteiger partial charge in [0, 0.05) is 97.4 Å². The van der Waals surface area contributed by atoms with E-state index in [1.165, 1.54) is 0 Å². The minimum absolute atomic E-state index is 0.0461. The molecule has 3 aromatic carbocycles. The molecule has 32 nitrogen and oxygen atoms in total. The number of hydrogen-bond donors (Lipinski definition) is 15. The molecule has 1 aliphatic carbocycles. The number of carboxylic acid groups (broad SMARTS) is 7. The van der Waals surface area contributed by atoms with Crippen LogP contribution < -0.4 is 42.5 Å². The number of carbonyl (C=O) groups excluding carboxylic acids is 6. The van der Waals surface area contributed by atoms with Crippen LogP contribution in [0.4, 0.5) is 0 Å². The predicted molar refractivity (Wildman–Crippen MR) is 381 cm³/mol. The summed E-state index contributed by atoms with van der Waals surface area (Å²) in [5.74, 6) is -12.4. The zero-order valence-corrected chi connectivity index (χ0v) is 59.7. The van der Waals surface area contributed by atoms with Crippen molar-refractivity contribution in [1.82, 2.24) is 62.1 Å². The van der Waals surface area contributed by atoms with E-state index in [0.717, 1.165) is 28.3 Å². The first-order chi connectivity index (χ1) is 49.5. The fourth-order valence-corrected chi connectivity index (χ4v) is 12.6. The molecule has 6 unspecified atom stereocenters. The van der Waals surface area contributed by atoms with Crippen molar-refractivity contribution in [2.75, 3.05) is 105 Å². The molecule has 1 aliphatic heterocycles. The van der Waals surface area contributed by atoms with Gasteiger partial charge in [-0.25, -0.2) is 4.79 Å². The highest BCUT2D eigenvalue weighted by atomic mass is 16.4. The van der Waals surface area contributed by atoms with Crippen LogP contribution in [0.3, 0.4) is 0 Å². The first-order valence-electron chi connectivity index (χ1n) is 35.7. The third-order valence-corrected chi connectivity index (χ3v) is 18.6. The van der Waals surface area contributed by atoms with Gasteiger partial charge in [-0.05, 0) is 123 Å². The molecule has 1 heterocycles. The van der Waals surface area contributed by atoms with Crippen LogP contribution in [0.1, 0.15) is 127 Å². The third kappa shape index (κ3) is 32.6. The number of nitrogens with one attached hydrogen (secondary N) is 8. The second kappa shape index (κ2) is 45.1. The molecule has 0 bridgehead atoms. The lowest BCUT2D eigenvalue weighted by molar-refractivity contribution is -0.143. The molecule has 2 aliphatic rings. The first kappa shape index (κ1) is 85.4. The van der Waals surface area contributed by atoms with Gasteiger partial charge in [-0.1, -0.05) is 80.6 Å². The molecule has 6 amide bonds. The molecular formula is C72H106N12O20. The van der Waals surface area contributed by atoms with E-state index in [-0.39, 0.29) is 155 Å². The molecular weight excluding hydrogens is 1350 g/mol. The number of hydrogen-bond acceptors (Lipinski definition) is 19. The van der Waals surface area contributed by atoms with Crippen LogP contribution in [0.5, 0.6) is 0 Å². The number of fused-ring (bicyclic) bond motifs is 1. The third-order valence-electron chi connectivity index (χ3n) is 18.6. The fraction of sp³-hybridized carbons (Fsp3) is 0.597. The van der Waals surface area contributed by atoms with Crippen LogP contribution in [0.15, 0.2) is 66.7 Å². The Kier molecular flexibility index (Phi) is 37.1. The van der Waals surface area contributed by atoms with Gasteiger partial charge < -0.3 is 67.6 Å². The molecule has 0 radical (unpaired) electrons. The van der Waals surface area contributed by atoms with E-state index in [4.69, 9.17) is 5.11 Å². The van der Waals surface area contributed by atoms with Crippen molar-refractivity contribution in [3.63, 3.8) is 0 Å². The number of aliphatic carboxylic acids is 7. The lowest BCUT2D eigenvalue weighted by atomic mass is 9.81. The van der Waals surface area contributed by atoms with Gasteiger partial charge in [0.05, 0.1) is 38.5 Å². The first-order valence-corrected chi connectivity index (χ1v) is 35.7. The van der Waals surface area contributed by atoms with Crippen molar-refractivity contribution in [2.24, 2.45) is 17.8 Å². The molecule has 1 saturated heterocycles.